The molecule has 1 aromatic carbocycles. The topological polar surface area (TPSA) is 32.3 Å². The molecule has 2 atom stereocenters. The number of amides is 1. The standard InChI is InChI=1S/C17H26N2O/c1-4-8-16-18-15(11-14-9-6-5-7-10-14)17(20)19(16)12-13(2)3/h5-7,9-10,13,15-16,18H,4,8,11-12H2,1-3H3. The predicted octanol–water partition coefficient (Wildman–Crippen LogP) is 2.81. The Balaban J connectivity index is 2.06. The number of nitrogens with zero attached hydrogens (tertiary/aromatic N) is 1. The van der Waals surface area contributed by atoms with Gasteiger partial charge in [0.2, 0.25) is 5.91 Å². The van der Waals surface area contributed by atoms with E-state index in [9.17, 15) is 4.79 Å². The molecule has 1 aliphatic heterocycles. The molecule has 3 nitrogen and oxygen atoms in total. The number of hydrogen-bond acceptors (Lipinski definition) is 2. The fraction of sp³-hybridized carbons (Fsp3) is 0.588. The van der Waals surface area contributed by atoms with Gasteiger partial charge >= 0.3 is 0 Å². The highest BCUT2D eigenvalue weighted by Gasteiger charge is 2.38. The van der Waals surface area contributed by atoms with Gasteiger partial charge in [0.05, 0.1) is 12.2 Å². The third-order valence-electron chi connectivity index (χ3n) is 3.76. The number of benzene rings is 1. The van der Waals surface area contributed by atoms with E-state index >= 15 is 0 Å². The van der Waals surface area contributed by atoms with Crippen molar-refractivity contribution in [2.24, 2.45) is 5.92 Å². The van der Waals surface area contributed by atoms with E-state index in [2.05, 4.69) is 38.2 Å². The lowest BCUT2D eigenvalue weighted by atomic mass is 10.1. The van der Waals surface area contributed by atoms with Gasteiger partial charge in [-0.05, 0) is 24.3 Å². The summed E-state index contributed by atoms with van der Waals surface area (Å²) in [4.78, 5) is 14.6. The Morgan fingerprint density at radius 1 is 1.25 bits per heavy atom. The first-order valence-corrected chi connectivity index (χ1v) is 7.72. The normalized spacial score (nSPS) is 22.8. The summed E-state index contributed by atoms with van der Waals surface area (Å²) in [5.41, 5.74) is 1.22. The fourth-order valence-electron chi connectivity index (χ4n) is 2.87. The van der Waals surface area contributed by atoms with E-state index < -0.39 is 0 Å². The third kappa shape index (κ3) is 3.60. The molecule has 110 valence electrons. The van der Waals surface area contributed by atoms with Crippen molar-refractivity contribution in [2.45, 2.75) is 52.2 Å². The molecule has 0 aliphatic carbocycles. The van der Waals surface area contributed by atoms with Crippen LogP contribution in [0, 0.1) is 5.92 Å². The second-order valence-electron chi connectivity index (χ2n) is 6.10. The highest BCUT2D eigenvalue weighted by molar-refractivity contribution is 5.84. The van der Waals surface area contributed by atoms with E-state index in [-0.39, 0.29) is 18.1 Å². The lowest BCUT2D eigenvalue weighted by Gasteiger charge is -2.25. The molecule has 2 unspecified atom stereocenters. The zero-order valence-electron chi connectivity index (χ0n) is 12.8. The zero-order valence-corrected chi connectivity index (χ0v) is 12.8. The molecule has 1 N–H and O–H groups in total. The highest BCUT2D eigenvalue weighted by atomic mass is 16.2. The van der Waals surface area contributed by atoms with Crippen molar-refractivity contribution >= 4 is 5.91 Å². The summed E-state index contributed by atoms with van der Waals surface area (Å²) in [6.07, 6.45) is 3.12. The van der Waals surface area contributed by atoms with Crippen LogP contribution in [0.5, 0.6) is 0 Å². The van der Waals surface area contributed by atoms with Crippen molar-refractivity contribution in [3.63, 3.8) is 0 Å². The Kier molecular flexibility index (Phi) is 5.18. The summed E-state index contributed by atoms with van der Waals surface area (Å²) < 4.78 is 0. The summed E-state index contributed by atoms with van der Waals surface area (Å²) >= 11 is 0. The van der Waals surface area contributed by atoms with Gasteiger partial charge in [0.1, 0.15) is 0 Å². The summed E-state index contributed by atoms with van der Waals surface area (Å²) in [6, 6.07) is 10.2. The van der Waals surface area contributed by atoms with Crippen molar-refractivity contribution in [2.75, 3.05) is 6.54 Å². The van der Waals surface area contributed by atoms with Gasteiger partial charge < -0.3 is 4.90 Å². The van der Waals surface area contributed by atoms with Gasteiger partial charge in [-0.1, -0.05) is 57.5 Å². The lowest BCUT2D eigenvalue weighted by molar-refractivity contribution is -0.130. The monoisotopic (exact) mass is 274 g/mol. The Morgan fingerprint density at radius 2 is 1.95 bits per heavy atom. The van der Waals surface area contributed by atoms with Crippen LogP contribution in [0.2, 0.25) is 0 Å². The molecule has 1 fully saturated rings. The van der Waals surface area contributed by atoms with Crippen molar-refractivity contribution < 1.29 is 4.79 Å². The number of carbonyl (C=O) groups is 1. The number of carbonyl (C=O) groups excluding carboxylic acids is 1. The van der Waals surface area contributed by atoms with Crippen molar-refractivity contribution in [1.82, 2.24) is 10.2 Å². The predicted molar refractivity (Wildman–Crippen MR) is 82.3 cm³/mol. The van der Waals surface area contributed by atoms with Gasteiger partial charge in [-0.15, -0.1) is 0 Å². The average molecular weight is 274 g/mol. The van der Waals surface area contributed by atoms with Crippen LogP contribution in [0.1, 0.15) is 39.2 Å². The molecule has 0 aromatic heterocycles. The van der Waals surface area contributed by atoms with Gasteiger partial charge in [0, 0.05) is 6.54 Å². The van der Waals surface area contributed by atoms with Crippen LogP contribution in [0.3, 0.4) is 0 Å². The molecule has 0 radical (unpaired) electrons. The summed E-state index contributed by atoms with van der Waals surface area (Å²) in [7, 11) is 0. The summed E-state index contributed by atoms with van der Waals surface area (Å²) in [6.45, 7) is 7.35. The average Bonchev–Trinajstić information content (AvgIpc) is 2.69. The number of hydrogen-bond donors (Lipinski definition) is 1. The van der Waals surface area contributed by atoms with Gasteiger partial charge in [-0.2, -0.15) is 0 Å². The second-order valence-corrected chi connectivity index (χ2v) is 6.10. The molecule has 0 bridgehead atoms. The molecule has 1 amide bonds. The number of rotatable bonds is 6. The van der Waals surface area contributed by atoms with E-state index in [0.717, 1.165) is 25.8 Å². The van der Waals surface area contributed by atoms with Crippen LogP contribution >= 0.6 is 0 Å². The van der Waals surface area contributed by atoms with E-state index in [1.807, 2.05) is 23.1 Å². The minimum absolute atomic E-state index is 0.0623. The SMILES string of the molecule is CCCC1NC(Cc2ccccc2)C(=O)N1CC(C)C. The van der Waals surface area contributed by atoms with E-state index in [0.29, 0.717) is 5.92 Å². The Hall–Kier alpha value is -1.35. The van der Waals surface area contributed by atoms with E-state index in [1.165, 1.54) is 5.56 Å². The van der Waals surface area contributed by atoms with E-state index in [1.54, 1.807) is 0 Å². The van der Waals surface area contributed by atoms with Gasteiger partial charge in [0.15, 0.2) is 0 Å². The minimum Gasteiger partial charge on any atom is -0.326 e. The second kappa shape index (κ2) is 6.89. The maximum Gasteiger partial charge on any atom is 0.241 e. The number of nitrogens with one attached hydrogen (secondary N) is 1. The Bertz CT molecular complexity index is 430. The fourth-order valence-corrected chi connectivity index (χ4v) is 2.87. The van der Waals surface area contributed by atoms with Crippen molar-refractivity contribution in [3.8, 4) is 0 Å². The van der Waals surface area contributed by atoms with Gasteiger partial charge in [-0.25, -0.2) is 0 Å². The molecular formula is C17H26N2O. The summed E-state index contributed by atoms with van der Waals surface area (Å²) in [5, 5.41) is 3.52. The molecule has 1 aromatic rings. The summed E-state index contributed by atoms with van der Waals surface area (Å²) in [5.74, 6) is 0.775. The smallest absolute Gasteiger partial charge is 0.241 e. The van der Waals surface area contributed by atoms with Crippen LogP contribution < -0.4 is 5.32 Å². The third-order valence-corrected chi connectivity index (χ3v) is 3.76. The van der Waals surface area contributed by atoms with Crippen LogP contribution in [0.15, 0.2) is 30.3 Å². The maximum absolute atomic E-state index is 12.6. The molecule has 1 saturated heterocycles. The Morgan fingerprint density at radius 3 is 2.55 bits per heavy atom. The van der Waals surface area contributed by atoms with Crippen LogP contribution in [0.25, 0.3) is 0 Å². The highest BCUT2D eigenvalue weighted by Crippen LogP contribution is 2.19. The zero-order chi connectivity index (χ0) is 14.5. The molecular weight excluding hydrogens is 248 g/mol. The molecule has 1 heterocycles. The van der Waals surface area contributed by atoms with Crippen LogP contribution in [-0.2, 0) is 11.2 Å². The first-order chi connectivity index (χ1) is 9.61. The van der Waals surface area contributed by atoms with Crippen LogP contribution in [0.4, 0.5) is 0 Å². The van der Waals surface area contributed by atoms with Gasteiger partial charge in [0.25, 0.3) is 0 Å². The molecule has 3 heteroatoms. The molecule has 1 aliphatic rings. The lowest BCUT2D eigenvalue weighted by Crippen LogP contribution is -2.39. The maximum atomic E-state index is 12.6. The van der Waals surface area contributed by atoms with Gasteiger partial charge in [-0.3, -0.25) is 10.1 Å². The molecule has 0 saturated carbocycles. The first-order valence-electron chi connectivity index (χ1n) is 7.72. The largest absolute Gasteiger partial charge is 0.326 e. The first kappa shape index (κ1) is 15.0. The van der Waals surface area contributed by atoms with Crippen molar-refractivity contribution in [1.29, 1.82) is 0 Å². The van der Waals surface area contributed by atoms with E-state index in [4.69, 9.17) is 0 Å². The quantitative estimate of drug-likeness (QED) is 0.865. The molecule has 2 rings (SSSR count). The van der Waals surface area contributed by atoms with Crippen molar-refractivity contribution in [3.05, 3.63) is 35.9 Å². The molecule has 0 spiro atoms. The van der Waals surface area contributed by atoms with Crippen LogP contribution in [-0.4, -0.2) is 29.6 Å². The minimum atomic E-state index is -0.0623. The Labute approximate surface area is 122 Å². The molecule has 20 heavy (non-hydrogen) atoms.